The molecule has 118 valence electrons. The molecule has 1 N–H and O–H groups in total. The van der Waals surface area contributed by atoms with Crippen molar-refractivity contribution < 1.29 is 24.2 Å². The number of aliphatic carboxylic acids is 1. The van der Waals surface area contributed by atoms with Crippen LogP contribution in [0.15, 0.2) is 30.3 Å². The Morgan fingerprint density at radius 2 is 2.09 bits per heavy atom. The van der Waals surface area contributed by atoms with Gasteiger partial charge in [0, 0.05) is 6.54 Å². The highest BCUT2D eigenvalue weighted by molar-refractivity contribution is 5.73. The fourth-order valence-corrected chi connectivity index (χ4v) is 3.07. The van der Waals surface area contributed by atoms with Gasteiger partial charge in [0.1, 0.15) is 6.61 Å². The summed E-state index contributed by atoms with van der Waals surface area (Å²) in [5.74, 6) is -0.702. The first-order chi connectivity index (χ1) is 10.6. The Balaban J connectivity index is 1.51. The average molecular weight is 305 g/mol. The van der Waals surface area contributed by atoms with E-state index >= 15 is 0 Å². The summed E-state index contributed by atoms with van der Waals surface area (Å²) in [6.45, 7) is 1.23. The fraction of sp³-hybridized carbons (Fsp3) is 0.500. The summed E-state index contributed by atoms with van der Waals surface area (Å²) in [6.07, 6.45) is -0.0130. The molecule has 2 aliphatic heterocycles. The number of carbonyl (C=O) groups excluding carboxylic acids is 1. The van der Waals surface area contributed by atoms with Gasteiger partial charge in [0.15, 0.2) is 6.10 Å². The van der Waals surface area contributed by atoms with E-state index in [1.165, 1.54) is 0 Å². The lowest BCUT2D eigenvalue weighted by molar-refractivity contribution is -0.149. The topological polar surface area (TPSA) is 76.1 Å². The number of nitrogens with zero attached hydrogens (tertiary/aromatic N) is 1. The lowest BCUT2D eigenvalue weighted by atomic mass is 9.92. The van der Waals surface area contributed by atoms with Crippen molar-refractivity contribution in [1.82, 2.24) is 4.90 Å². The molecule has 0 bridgehead atoms. The second-order valence-corrected chi connectivity index (χ2v) is 5.77. The third-order valence-corrected chi connectivity index (χ3v) is 4.29. The van der Waals surface area contributed by atoms with Crippen molar-refractivity contribution in [3.63, 3.8) is 0 Å². The van der Waals surface area contributed by atoms with Crippen LogP contribution in [0.5, 0.6) is 0 Å². The highest BCUT2D eigenvalue weighted by Crippen LogP contribution is 2.33. The number of carboxylic acids is 1. The summed E-state index contributed by atoms with van der Waals surface area (Å²) >= 11 is 0. The Kier molecular flexibility index (Phi) is 4.29. The minimum Gasteiger partial charge on any atom is -0.479 e. The Labute approximate surface area is 128 Å². The second kappa shape index (κ2) is 6.36. The standard InChI is InChI=1S/C16H19NO5/c18-15(19)13-8-12-6-7-17(9-14(12)22-13)16(20)21-10-11-4-2-1-3-5-11/h1-5,12-14H,6-10H2,(H,18,19)/t12-,13-,14+/m0/s1. The van der Waals surface area contributed by atoms with Crippen LogP contribution in [0.25, 0.3) is 0 Å². The number of rotatable bonds is 3. The van der Waals surface area contributed by atoms with Crippen LogP contribution in [0.2, 0.25) is 0 Å². The molecule has 0 spiro atoms. The summed E-state index contributed by atoms with van der Waals surface area (Å²) in [4.78, 5) is 24.7. The second-order valence-electron chi connectivity index (χ2n) is 5.77. The van der Waals surface area contributed by atoms with Gasteiger partial charge < -0.3 is 19.5 Å². The van der Waals surface area contributed by atoms with E-state index in [1.807, 2.05) is 30.3 Å². The number of piperidine rings is 1. The molecule has 0 radical (unpaired) electrons. The molecule has 0 aromatic heterocycles. The molecule has 6 heteroatoms. The third kappa shape index (κ3) is 3.22. The van der Waals surface area contributed by atoms with Crippen molar-refractivity contribution >= 4 is 12.1 Å². The number of hydrogen-bond donors (Lipinski definition) is 1. The smallest absolute Gasteiger partial charge is 0.410 e. The predicted octanol–water partition coefficient (Wildman–Crippen LogP) is 1.89. The van der Waals surface area contributed by atoms with E-state index in [4.69, 9.17) is 14.6 Å². The molecule has 2 fully saturated rings. The van der Waals surface area contributed by atoms with Gasteiger partial charge in [-0.15, -0.1) is 0 Å². The largest absolute Gasteiger partial charge is 0.479 e. The first-order valence-electron chi connectivity index (χ1n) is 7.47. The van der Waals surface area contributed by atoms with E-state index in [2.05, 4.69) is 0 Å². The van der Waals surface area contributed by atoms with Crippen LogP contribution in [0.4, 0.5) is 4.79 Å². The van der Waals surface area contributed by atoms with Gasteiger partial charge in [0.2, 0.25) is 0 Å². The Morgan fingerprint density at radius 1 is 1.32 bits per heavy atom. The van der Waals surface area contributed by atoms with Gasteiger partial charge >= 0.3 is 12.1 Å². The first kappa shape index (κ1) is 14.8. The lowest BCUT2D eigenvalue weighted by Crippen LogP contribution is -2.45. The van der Waals surface area contributed by atoms with E-state index in [9.17, 15) is 9.59 Å². The van der Waals surface area contributed by atoms with E-state index in [-0.39, 0.29) is 24.7 Å². The molecule has 3 rings (SSSR count). The van der Waals surface area contributed by atoms with Gasteiger partial charge in [-0.2, -0.15) is 0 Å². The Hall–Kier alpha value is -2.08. The zero-order valence-electron chi connectivity index (χ0n) is 12.2. The monoisotopic (exact) mass is 305 g/mol. The minimum absolute atomic E-state index is 0.195. The Bertz CT molecular complexity index is 547. The SMILES string of the molecule is O=C(O)[C@@H]1C[C@@H]2CCN(C(=O)OCc3ccccc3)C[C@H]2O1. The first-order valence-corrected chi connectivity index (χ1v) is 7.47. The van der Waals surface area contributed by atoms with E-state index in [0.29, 0.717) is 19.5 Å². The van der Waals surface area contributed by atoms with Crippen molar-refractivity contribution in [2.24, 2.45) is 5.92 Å². The van der Waals surface area contributed by atoms with E-state index < -0.39 is 12.1 Å². The molecule has 1 aromatic rings. The molecule has 1 amide bonds. The molecule has 2 heterocycles. The average Bonchev–Trinajstić information content (AvgIpc) is 2.97. The van der Waals surface area contributed by atoms with Gasteiger partial charge in [0.05, 0.1) is 12.6 Å². The van der Waals surface area contributed by atoms with Gasteiger partial charge in [-0.25, -0.2) is 9.59 Å². The molecule has 2 aliphatic rings. The number of benzene rings is 1. The van der Waals surface area contributed by atoms with Crippen LogP contribution in [-0.2, 0) is 20.9 Å². The summed E-state index contributed by atoms with van der Waals surface area (Å²) < 4.78 is 10.8. The number of amides is 1. The van der Waals surface area contributed by atoms with E-state index in [1.54, 1.807) is 4.90 Å². The normalized spacial score (nSPS) is 27.3. The summed E-state index contributed by atoms with van der Waals surface area (Å²) in [6, 6.07) is 9.50. The molecule has 22 heavy (non-hydrogen) atoms. The quantitative estimate of drug-likeness (QED) is 0.923. The van der Waals surface area contributed by atoms with Crippen LogP contribution in [-0.4, -0.2) is 47.4 Å². The van der Waals surface area contributed by atoms with Crippen molar-refractivity contribution in [2.75, 3.05) is 13.1 Å². The number of carbonyl (C=O) groups is 2. The third-order valence-electron chi connectivity index (χ3n) is 4.29. The summed E-state index contributed by atoms with van der Waals surface area (Å²) in [5, 5.41) is 9.02. The molecule has 0 aliphatic carbocycles. The fourth-order valence-electron chi connectivity index (χ4n) is 3.07. The van der Waals surface area contributed by atoms with Gasteiger partial charge in [-0.3, -0.25) is 0 Å². The van der Waals surface area contributed by atoms with Crippen LogP contribution < -0.4 is 0 Å². The van der Waals surface area contributed by atoms with Crippen LogP contribution in [0, 0.1) is 5.92 Å². The number of likely N-dealkylation sites (tertiary alicyclic amines) is 1. The van der Waals surface area contributed by atoms with Crippen LogP contribution >= 0.6 is 0 Å². The van der Waals surface area contributed by atoms with Crippen LogP contribution in [0.1, 0.15) is 18.4 Å². The molecular formula is C16H19NO5. The maximum atomic E-state index is 12.1. The van der Waals surface area contributed by atoms with Gasteiger partial charge in [-0.05, 0) is 24.3 Å². The van der Waals surface area contributed by atoms with Crippen LogP contribution in [0.3, 0.4) is 0 Å². The molecule has 0 saturated carbocycles. The molecular weight excluding hydrogens is 286 g/mol. The Morgan fingerprint density at radius 3 is 2.82 bits per heavy atom. The van der Waals surface area contributed by atoms with Crippen molar-refractivity contribution in [3.05, 3.63) is 35.9 Å². The van der Waals surface area contributed by atoms with Gasteiger partial charge in [-0.1, -0.05) is 30.3 Å². The van der Waals surface area contributed by atoms with E-state index in [0.717, 1.165) is 12.0 Å². The van der Waals surface area contributed by atoms with Gasteiger partial charge in [0.25, 0.3) is 0 Å². The van der Waals surface area contributed by atoms with Crippen molar-refractivity contribution in [2.45, 2.75) is 31.7 Å². The molecule has 0 unspecified atom stereocenters. The highest BCUT2D eigenvalue weighted by atomic mass is 16.6. The molecule has 6 nitrogen and oxygen atoms in total. The van der Waals surface area contributed by atoms with Crippen molar-refractivity contribution in [1.29, 1.82) is 0 Å². The zero-order chi connectivity index (χ0) is 15.5. The maximum absolute atomic E-state index is 12.1. The zero-order valence-corrected chi connectivity index (χ0v) is 12.2. The summed E-state index contributed by atoms with van der Waals surface area (Å²) in [7, 11) is 0. The molecule has 3 atom stereocenters. The summed E-state index contributed by atoms with van der Waals surface area (Å²) in [5.41, 5.74) is 0.939. The lowest BCUT2D eigenvalue weighted by Gasteiger charge is -2.33. The molecule has 2 saturated heterocycles. The highest BCUT2D eigenvalue weighted by Gasteiger charge is 2.43. The molecule has 1 aromatic carbocycles. The number of ether oxygens (including phenoxy) is 2. The number of fused-ring (bicyclic) bond motifs is 1. The number of carboxylic acid groups (broad SMARTS) is 1. The number of hydrogen-bond acceptors (Lipinski definition) is 4. The minimum atomic E-state index is -0.924. The predicted molar refractivity (Wildman–Crippen MR) is 77.2 cm³/mol. The van der Waals surface area contributed by atoms with Crippen molar-refractivity contribution in [3.8, 4) is 0 Å². The maximum Gasteiger partial charge on any atom is 0.410 e.